The van der Waals surface area contributed by atoms with Gasteiger partial charge in [-0.15, -0.1) is 0 Å². The van der Waals surface area contributed by atoms with Crippen molar-refractivity contribution in [3.8, 4) is 0 Å². The molecule has 0 amide bonds. The molecule has 1 N–H and O–H groups in total. The first-order chi connectivity index (χ1) is 9.74. The Labute approximate surface area is 126 Å². The van der Waals surface area contributed by atoms with Crippen molar-refractivity contribution in [2.24, 2.45) is 0 Å². The molecule has 0 radical (unpaired) electrons. The minimum absolute atomic E-state index is 0.650. The molecule has 0 bridgehead atoms. The third-order valence-electron chi connectivity index (χ3n) is 3.03. The highest BCUT2D eigenvalue weighted by atomic mass is 35.5. The Morgan fingerprint density at radius 1 is 1.15 bits per heavy atom. The van der Waals surface area contributed by atoms with Crippen molar-refractivity contribution in [3.63, 3.8) is 0 Å². The summed E-state index contributed by atoms with van der Waals surface area (Å²) in [6.45, 7) is 0.735. The molecule has 20 heavy (non-hydrogen) atoms. The second kappa shape index (κ2) is 5.69. The Morgan fingerprint density at radius 2 is 2.05 bits per heavy atom. The first kappa shape index (κ1) is 13.2. The highest BCUT2D eigenvalue weighted by Gasteiger charge is 2.04. The second-order valence-corrected chi connectivity index (χ2v) is 5.19. The Morgan fingerprint density at radius 3 is 2.90 bits per heavy atom. The van der Waals surface area contributed by atoms with Crippen molar-refractivity contribution in [2.45, 2.75) is 6.42 Å². The number of anilines is 1. The van der Waals surface area contributed by atoms with E-state index >= 15 is 0 Å². The van der Waals surface area contributed by atoms with Crippen LogP contribution < -0.4 is 5.32 Å². The third-order valence-corrected chi connectivity index (χ3v) is 3.61. The highest BCUT2D eigenvalue weighted by molar-refractivity contribution is 6.35. The molecule has 102 valence electrons. The average molecular weight is 307 g/mol. The van der Waals surface area contributed by atoms with E-state index in [2.05, 4.69) is 15.4 Å². The number of benzene rings is 1. The first-order valence-electron chi connectivity index (χ1n) is 6.20. The lowest BCUT2D eigenvalue weighted by molar-refractivity contribution is 0.937. The maximum absolute atomic E-state index is 6.15. The second-order valence-electron chi connectivity index (χ2n) is 4.35. The van der Waals surface area contributed by atoms with E-state index in [0.29, 0.717) is 10.0 Å². The number of fused-ring (bicyclic) bond motifs is 1. The number of halogens is 2. The van der Waals surface area contributed by atoms with E-state index in [1.165, 1.54) is 0 Å². The molecule has 0 saturated carbocycles. The van der Waals surface area contributed by atoms with Crippen molar-refractivity contribution in [3.05, 3.63) is 58.5 Å². The Bertz CT molecular complexity index is 739. The fourth-order valence-corrected chi connectivity index (χ4v) is 2.54. The van der Waals surface area contributed by atoms with E-state index < -0.39 is 0 Å². The molecular formula is C14H12Cl2N4. The zero-order valence-corrected chi connectivity index (χ0v) is 12.1. The van der Waals surface area contributed by atoms with Crippen molar-refractivity contribution in [1.82, 2.24) is 14.6 Å². The van der Waals surface area contributed by atoms with Crippen LogP contribution in [-0.2, 0) is 6.42 Å². The van der Waals surface area contributed by atoms with Crippen LogP contribution >= 0.6 is 23.2 Å². The Kier molecular flexibility index (Phi) is 3.76. The van der Waals surface area contributed by atoms with Gasteiger partial charge in [0.05, 0.1) is 6.20 Å². The molecule has 6 heteroatoms. The molecule has 0 fully saturated rings. The summed E-state index contributed by atoms with van der Waals surface area (Å²) < 4.78 is 1.78. The van der Waals surface area contributed by atoms with Gasteiger partial charge in [-0.2, -0.15) is 5.10 Å². The van der Waals surface area contributed by atoms with Gasteiger partial charge in [0.15, 0.2) is 5.82 Å². The predicted octanol–water partition coefficient (Wildman–Crippen LogP) is 3.69. The van der Waals surface area contributed by atoms with Gasteiger partial charge in [0.2, 0.25) is 0 Å². The molecule has 2 aromatic heterocycles. The molecular weight excluding hydrogens is 295 g/mol. The summed E-state index contributed by atoms with van der Waals surface area (Å²) in [4.78, 5) is 4.32. The SMILES string of the molecule is Clc1ccc(CCNc2nccn3nccc23)c(Cl)c1. The van der Waals surface area contributed by atoms with E-state index in [1.807, 2.05) is 24.4 Å². The summed E-state index contributed by atoms with van der Waals surface area (Å²) in [5.41, 5.74) is 2.01. The molecule has 0 aliphatic rings. The summed E-state index contributed by atoms with van der Waals surface area (Å²) in [6.07, 6.45) is 6.08. The van der Waals surface area contributed by atoms with Crippen molar-refractivity contribution in [2.75, 3.05) is 11.9 Å². The number of hydrogen-bond acceptors (Lipinski definition) is 3. The number of aromatic nitrogens is 3. The molecule has 0 unspecified atom stereocenters. The van der Waals surface area contributed by atoms with E-state index in [1.54, 1.807) is 23.0 Å². The lowest BCUT2D eigenvalue weighted by atomic mass is 10.1. The number of rotatable bonds is 4. The van der Waals surface area contributed by atoms with Crippen molar-refractivity contribution >= 4 is 34.5 Å². The molecule has 2 heterocycles. The van der Waals surface area contributed by atoms with Gasteiger partial charge in [-0.05, 0) is 30.2 Å². The zero-order valence-electron chi connectivity index (χ0n) is 10.6. The van der Waals surface area contributed by atoms with Crippen LogP contribution in [0.1, 0.15) is 5.56 Å². The summed E-state index contributed by atoms with van der Waals surface area (Å²) in [5, 5.41) is 8.81. The van der Waals surface area contributed by atoms with Crippen LogP contribution in [-0.4, -0.2) is 21.1 Å². The van der Waals surface area contributed by atoms with Crippen LogP contribution in [0.5, 0.6) is 0 Å². The molecule has 0 aliphatic heterocycles. The van der Waals surface area contributed by atoms with Crippen molar-refractivity contribution < 1.29 is 0 Å². The Balaban J connectivity index is 1.69. The van der Waals surface area contributed by atoms with Gasteiger partial charge in [0.1, 0.15) is 5.52 Å². The lowest BCUT2D eigenvalue weighted by Crippen LogP contribution is -2.08. The third kappa shape index (κ3) is 2.71. The van der Waals surface area contributed by atoms with E-state index in [4.69, 9.17) is 23.2 Å². The smallest absolute Gasteiger partial charge is 0.152 e. The van der Waals surface area contributed by atoms with Crippen LogP contribution in [0.2, 0.25) is 10.0 Å². The van der Waals surface area contributed by atoms with Gasteiger partial charge in [-0.1, -0.05) is 29.3 Å². The molecule has 4 nitrogen and oxygen atoms in total. The van der Waals surface area contributed by atoms with E-state index in [9.17, 15) is 0 Å². The van der Waals surface area contributed by atoms with Gasteiger partial charge >= 0.3 is 0 Å². The number of hydrogen-bond donors (Lipinski definition) is 1. The summed E-state index contributed by atoms with van der Waals surface area (Å²) in [6, 6.07) is 7.47. The van der Waals surface area contributed by atoms with Gasteiger partial charge < -0.3 is 5.32 Å². The van der Waals surface area contributed by atoms with E-state index in [0.717, 1.165) is 29.9 Å². The minimum atomic E-state index is 0.650. The quantitative estimate of drug-likeness (QED) is 0.799. The molecule has 0 spiro atoms. The van der Waals surface area contributed by atoms with Crippen LogP contribution in [0.15, 0.2) is 42.9 Å². The van der Waals surface area contributed by atoms with Crippen LogP contribution in [0.25, 0.3) is 5.52 Å². The standard InChI is InChI=1S/C14H12Cl2N4/c15-11-2-1-10(12(16)9-11)3-5-17-14-13-4-6-19-20(13)8-7-18-14/h1-2,4,6-9H,3,5H2,(H,17,18). The fourth-order valence-electron chi connectivity index (χ4n) is 2.03. The zero-order chi connectivity index (χ0) is 13.9. The summed E-state index contributed by atoms with van der Waals surface area (Å²) in [5.74, 6) is 0.815. The normalized spacial score (nSPS) is 10.9. The average Bonchev–Trinajstić information content (AvgIpc) is 2.90. The molecule has 3 aromatic rings. The fraction of sp³-hybridized carbons (Fsp3) is 0.143. The maximum Gasteiger partial charge on any atom is 0.152 e. The topological polar surface area (TPSA) is 42.2 Å². The number of nitrogens with zero attached hydrogens (tertiary/aromatic N) is 3. The molecule has 0 saturated heterocycles. The summed E-state index contributed by atoms with van der Waals surface area (Å²) >= 11 is 12.0. The van der Waals surface area contributed by atoms with Crippen molar-refractivity contribution in [1.29, 1.82) is 0 Å². The molecule has 0 atom stereocenters. The lowest BCUT2D eigenvalue weighted by Gasteiger charge is -2.08. The molecule has 0 aliphatic carbocycles. The Hall–Kier alpha value is -1.78. The highest BCUT2D eigenvalue weighted by Crippen LogP contribution is 2.21. The monoisotopic (exact) mass is 306 g/mol. The van der Waals surface area contributed by atoms with Gasteiger partial charge in [0.25, 0.3) is 0 Å². The molecule has 3 rings (SSSR count). The summed E-state index contributed by atoms with van der Waals surface area (Å²) in [7, 11) is 0. The van der Waals surface area contributed by atoms with Gasteiger partial charge in [0, 0.05) is 29.0 Å². The van der Waals surface area contributed by atoms with E-state index in [-0.39, 0.29) is 0 Å². The minimum Gasteiger partial charge on any atom is -0.368 e. The number of nitrogens with one attached hydrogen (secondary N) is 1. The van der Waals surface area contributed by atoms with Gasteiger partial charge in [-0.3, -0.25) is 0 Å². The van der Waals surface area contributed by atoms with Crippen LogP contribution in [0, 0.1) is 0 Å². The van der Waals surface area contributed by atoms with Gasteiger partial charge in [-0.25, -0.2) is 9.50 Å². The maximum atomic E-state index is 6.15. The largest absolute Gasteiger partial charge is 0.368 e. The van der Waals surface area contributed by atoms with Crippen LogP contribution in [0.3, 0.4) is 0 Å². The molecule has 1 aromatic carbocycles. The van der Waals surface area contributed by atoms with Crippen LogP contribution in [0.4, 0.5) is 5.82 Å². The first-order valence-corrected chi connectivity index (χ1v) is 6.96. The predicted molar refractivity (Wildman–Crippen MR) is 81.6 cm³/mol.